The molecule has 0 bridgehead atoms. The van der Waals surface area contributed by atoms with Crippen molar-refractivity contribution >= 4 is 27.4 Å². The Bertz CT molecular complexity index is 731. The van der Waals surface area contributed by atoms with E-state index in [9.17, 15) is 8.42 Å². The molecule has 0 unspecified atom stereocenters. The average Bonchev–Trinajstić information content (AvgIpc) is 2.84. The topological polar surface area (TPSA) is 128 Å². The zero-order chi connectivity index (χ0) is 15.5. The Morgan fingerprint density at radius 3 is 2.76 bits per heavy atom. The SMILES string of the molecule is Cn1cnc(CCNS(=O)(=O)c2cnc(NN)c(Cl)c2)n1. The number of halogens is 1. The maximum Gasteiger partial charge on any atom is 0.242 e. The second kappa shape index (κ2) is 6.35. The Kier molecular flexibility index (Phi) is 4.73. The fourth-order valence-electron chi connectivity index (χ4n) is 1.55. The molecule has 0 fully saturated rings. The molecule has 0 saturated carbocycles. The highest BCUT2D eigenvalue weighted by molar-refractivity contribution is 7.89. The van der Waals surface area contributed by atoms with Crippen LogP contribution in [0.2, 0.25) is 5.02 Å². The van der Waals surface area contributed by atoms with Crippen LogP contribution in [0.15, 0.2) is 23.5 Å². The largest absolute Gasteiger partial charge is 0.307 e. The Morgan fingerprint density at radius 1 is 1.43 bits per heavy atom. The summed E-state index contributed by atoms with van der Waals surface area (Å²) in [4.78, 5) is 7.78. The lowest BCUT2D eigenvalue weighted by Gasteiger charge is -2.07. The van der Waals surface area contributed by atoms with Crippen molar-refractivity contribution in [2.24, 2.45) is 12.9 Å². The van der Waals surface area contributed by atoms with Crippen molar-refractivity contribution in [1.82, 2.24) is 24.5 Å². The zero-order valence-corrected chi connectivity index (χ0v) is 12.7. The summed E-state index contributed by atoms with van der Waals surface area (Å²) in [6.45, 7) is 0.168. The summed E-state index contributed by atoms with van der Waals surface area (Å²) in [5, 5.41) is 4.17. The molecular weight excluding hydrogens is 318 g/mol. The lowest BCUT2D eigenvalue weighted by atomic mass is 10.4. The van der Waals surface area contributed by atoms with Gasteiger partial charge < -0.3 is 5.43 Å². The van der Waals surface area contributed by atoms with Gasteiger partial charge in [0.15, 0.2) is 11.6 Å². The lowest BCUT2D eigenvalue weighted by molar-refractivity contribution is 0.580. The number of hydrazine groups is 1. The van der Waals surface area contributed by atoms with Gasteiger partial charge in [-0.15, -0.1) is 0 Å². The van der Waals surface area contributed by atoms with Gasteiger partial charge in [0.2, 0.25) is 10.0 Å². The number of anilines is 1. The van der Waals surface area contributed by atoms with E-state index in [2.05, 4.69) is 25.2 Å². The highest BCUT2D eigenvalue weighted by Crippen LogP contribution is 2.21. The fourth-order valence-corrected chi connectivity index (χ4v) is 2.84. The molecule has 0 aliphatic rings. The van der Waals surface area contributed by atoms with Gasteiger partial charge in [-0.3, -0.25) is 4.68 Å². The molecule has 2 aromatic heterocycles. The van der Waals surface area contributed by atoms with Crippen molar-refractivity contribution in [2.45, 2.75) is 11.3 Å². The van der Waals surface area contributed by atoms with E-state index in [0.29, 0.717) is 12.2 Å². The van der Waals surface area contributed by atoms with Crippen molar-refractivity contribution in [3.63, 3.8) is 0 Å². The number of hydrogen-bond acceptors (Lipinski definition) is 7. The zero-order valence-electron chi connectivity index (χ0n) is 11.1. The normalized spacial score (nSPS) is 11.6. The molecular formula is C10H14ClN7O2S. The van der Waals surface area contributed by atoms with Crippen LogP contribution in [0, 0.1) is 0 Å². The number of aryl methyl sites for hydroxylation is 1. The van der Waals surface area contributed by atoms with E-state index in [1.165, 1.54) is 12.3 Å². The third-order valence-corrected chi connectivity index (χ3v) is 4.27. The predicted molar refractivity (Wildman–Crippen MR) is 77.0 cm³/mol. The predicted octanol–water partition coefficient (Wildman–Crippen LogP) is -0.330. The fraction of sp³-hybridized carbons (Fsp3) is 0.300. The second-order valence-corrected chi connectivity index (χ2v) is 6.30. The summed E-state index contributed by atoms with van der Waals surface area (Å²) in [6, 6.07) is 1.27. The molecule has 0 aromatic carbocycles. The van der Waals surface area contributed by atoms with E-state index in [1.54, 1.807) is 18.1 Å². The van der Waals surface area contributed by atoms with Crippen molar-refractivity contribution in [2.75, 3.05) is 12.0 Å². The summed E-state index contributed by atoms with van der Waals surface area (Å²) in [5.41, 5.74) is 2.26. The molecule has 0 spiro atoms. The first-order chi connectivity index (χ1) is 9.92. The van der Waals surface area contributed by atoms with Gasteiger partial charge in [0.25, 0.3) is 0 Å². The van der Waals surface area contributed by atoms with Crippen LogP contribution in [0.4, 0.5) is 5.82 Å². The van der Waals surface area contributed by atoms with Gasteiger partial charge >= 0.3 is 0 Å². The molecule has 0 atom stereocenters. The third kappa shape index (κ3) is 3.88. The third-order valence-electron chi connectivity index (χ3n) is 2.55. The quantitative estimate of drug-likeness (QED) is 0.488. The van der Waals surface area contributed by atoms with Crippen LogP contribution in [0.5, 0.6) is 0 Å². The first-order valence-electron chi connectivity index (χ1n) is 5.89. The Hall–Kier alpha value is -1.75. The van der Waals surface area contributed by atoms with Crippen LogP contribution in [-0.4, -0.2) is 34.7 Å². The van der Waals surface area contributed by atoms with Gasteiger partial charge in [-0.1, -0.05) is 11.6 Å². The minimum absolute atomic E-state index is 0.0412. The summed E-state index contributed by atoms with van der Waals surface area (Å²) in [7, 11) is -1.96. The standard InChI is InChI=1S/C10H14ClN7O2S/c1-18-6-14-9(17-18)2-3-15-21(19,20)7-4-8(11)10(16-12)13-5-7/h4-6,15H,2-3,12H2,1H3,(H,13,16). The van der Waals surface area contributed by atoms with E-state index in [4.69, 9.17) is 17.4 Å². The van der Waals surface area contributed by atoms with Crippen LogP contribution in [0.1, 0.15) is 5.82 Å². The molecule has 9 nitrogen and oxygen atoms in total. The van der Waals surface area contributed by atoms with Gasteiger partial charge in [0.1, 0.15) is 11.2 Å². The molecule has 0 saturated heterocycles. The van der Waals surface area contributed by atoms with Crippen molar-refractivity contribution in [1.29, 1.82) is 0 Å². The highest BCUT2D eigenvalue weighted by Gasteiger charge is 2.16. The summed E-state index contributed by atoms with van der Waals surface area (Å²) >= 11 is 5.85. The van der Waals surface area contributed by atoms with Gasteiger partial charge in [0.05, 0.1) is 5.02 Å². The molecule has 2 rings (SSSR count). The number of pyridine rings is 1. The number of nitrogens with zero attached hydrogens (tertiary/aromatic N) is 4. The number of rotatable bonds is 6. The van der Waals surface area contributed by atoms with Crippen LogP contribution < -0.4 is 16.0 Å². The minimum Gasteiger partial charge on any atom is -0.307 e. The molecule has 2 heterocycles. The smallest absolute Gasteiger partial charge is 0.242 e. The first kappa shape index (κ1) is 15.6. The number of aromatic nitrogens is 4. The number of hydrogen-bond donors (Lipinski definition) is 3. The monoisotopic (exact) mass is 331 g/mol. The summed E-state index contributed by atoms with van der Waals surface area (Å²) < 4.78 is 28.1. The molecule has 2 aromatic rings. The van der Waals surface area contributed by atoms with Gasteiger partial charge in [-0.25, -0.2) is 29.0 Å². The van der Waals surface area contributed by atoms with Crippen molar-refractivity contribution in [3.8, 4) is 0 Å². The number of nitrogens with one attached hydrogen (secondary N) is 2. The molecule has 0 amide bonds. The lowest BCUT2D eigenvalue weighted by Crippen LogP contribution is -2.26. The van der Waals surface area contributed by atoms with Gasteiger partial charge in [-0.2, -0.15) is 5.10 Å². The summed E-state index contributed by atoms with van der Waals surface area (Å²) in [5.74, 6) is 5.94. The van der Waals surface area contributed by atoms with Crippen LogP contribution in [-0.2, 0) is 23.5 Å². The minimum atomic E-state index is -3.70. The molecule has 0 aliphatic heterocycles. The molecule has 114 valence electrons. The molecule has 0 radical (unpaired) electrons. The Labute approximate surface area is 126 Å². The molecule has 21 heavy (non-hydrogen) atoms. The van der Waals surface area contributed by atoms with Gasteiger partial charge in [0, 0.05) is 26.2 Å². The van der Waals surface area contributed by atoms with E-state index < -0.39 is 10.0 Å². The van der Waals surface area contributed by atoms with E-state index in [1.807, 2.05) is 0 Å². The van der Waals surface area contributed by atoms with E-state index >= 15 is 0 Å². The second-order valence-electron chi connectivity index (χ2n) is 4.13. The average molecular weight is 332 g/mol. The maximum atomic E-state index is 12.1. The molecule has 0 aliphatic carbocycles. The number of nitrogens with two attached hydrogens (primary N) is 1. The maximum absolute atomic E-state index is 12.1. The van der Waals surface area contributed by atoms with Crippen LogP contribution in [0.25, 0.3) is 0 Å². The Morgan fingerprint density at radius 2 is 2.19 bits per heavy atom. The highest BCUT2D eigenvalue weighted by atomic mass is 35.5. The van der Waals surface area contributed by atoms with E-state index in [0.717, 1.165) is 0 Å². The number of sulfonamides is 1. The Balaban J connectivity index is 2.02. The van der Waals surface area contributed by atoms with Crippen molar-refractivity contribution in [3.05, 3.63) is 29.4 Å². The van der Waals surface area contributed by atoms with Gasteiger partial charge in [-0.05, 0) is 6.07 Å². The van der Waals surface area contributed by atoms with Crippen LogP contribution >= 0.6 is 11.6 Å². The summed E-state index contributed by atoms with van der Waals surface area (Å²) in [6.07, 6.45) is 3.10. The first-order valence-corrected chi connectivity index (χ1v) is 7.75. The molecule has 11 heteroatoms. The number of nitrogen functional groups attached to an aromatic ring is 1. The van der Waals surface area contributed by atoms with Crippen molar-refractivity contribution < 1.29 is 8.42 Å². The molecule has 4 N–H and O–H groups in total. The van der Waals surface area contributed by atoms with Crippen LogP contribution in [0.3, 0.4) is 0 Å². The van der Waals surface area contributed by atoms with E-state index in [-0.39, 0.29) is 22.3 Å².